The van der Waals surface area contributed by atoms with Crippen LogP contribution in [0.2, 0.25) is 0 Å². The molecule has 9 heteroatoms. The third kappa shape index (κ3) is 3.64. The van der Waals surface area contributed by atoms with Crippen LogP contribution in [0.15, 0.2) is 24.3 Å². The van der Waals surface area contributed by atoms with Gasteiger partial charge in [-0.3, -0.25) is 9.59 Å². The Balaban J connectivity index is 1.45. The molecule has 2 aliphatic rings. The minimum Gasteiger partial charge on any atom is -0.497 e. The first-order chi connectivity index (χ1) is 14.0. The maximum atomic E-state index is 13.0. The molecule has 9 nitrogen and oxygen atoms in total. The van der Waals surface area contributed by atoms with E-state index in [1.165, 1.54) is 0 Å². The van der Waals surface area contributed by atoms with Crippen molar-refractivity contribution in [3.63, 3.8) is 0 Å². The number of piperazine rings is 1. The number of ether oxygens (including phenoxy) is 1. The predicted octanol–water partition coefficient (Wildman–Crippen LogP) is 1.02. The molecule has 0 radical (unpaired) electrons. The molecule has 1 saturated heterocycles. The molecule has 3 heterocycles. The first-order valence-electron chi connectivity index (χ1n) is 9.90. The van der Waals surface area contributed by atoms with Gasteiger partial charge in [0.1, 0.15) is 5.75 Å². The van der Waals surface area contributed by atoms with Gasteiger partial charge in [-0.25, -0.2) is 4.68 Å². The summed E-state index contributed by atoms with van der Waals surface area (Å²) < 4.78 is 6.85. The van der Waals surface area contributed by atoms with Crippen molar-refractivity contribution in [2.24, 2.45) is 5.92 Å². The number of aromatic nitrogens is 3. The molecule has 4 rings (SSSR count). The third-order valence-electron chi connectivity index (χ3n) is 5.63. The van der Waals surface area contributed by atoms with Crippen molar-refractivity contribution in [3.8, 4) is 5.75 Å². The van der Waals surface area contributed by atoms with E-state index in [-0.39, 0.29) is 35.2 Å². The van der Waals surface area contributed by atoms with Gasteiger partial charge >= 0.3 is 0 Å². The number of hydrogen-bond acceptors (Lipinski definition) is 6. The molecule has 1 atom stereocenters. The minimum atomic E-state index is -0.279. The molecule has 154 valence electrons. The molecule has 0 saturated carbocycles. The van der Waals surface area contributed by atoms with E-state index < -0.39 is 0 Å². The number of carbonyl (C=O) groups is 2. The molecule has 2 amide bonds. The predicted molar refractivity (Wildman–Crippen MR) is 107 cm³/mol. The lowest BCUT2D eigenvalue weighted by molar-refractivity contribution is 0.0730. The highest BCUT2D eigenvalue weighted by Gasteiger charge is 2.35. The molecule has 0 spiro atoms. The zero-order valence-corrected chi connectivity index (χ0v) is 17.0. The summed E-state index contributed by atoms with van der Waals surface area (Å²) in [6.45, 7) is 7.12. The topological polar surface area (TPSA) is 92.6 Å². The Kier molecular flexibility index (Phi) is 5.12. The largest absolute Gasteiger partial charge is 0.497 e. The van der Waals surface area contributed by atoms with Gasteiger partial charge in [-0.1, -0.05) is 25.1 Å². The molecule has 0 aliphatic carbocycles. The highest BCUT2D eigenvalue weighted by atomic mass is 16.5. The summed E-state index contributed by atoms with van der Waals surface area (Å²) in [6, 6.07) is 7.88. The summed E-state index contributed by atoms with van der Waals surface area (Å²) in [7, 11) is 1.65. The number of carbonyl (C=O) groups excluding carboxylic acids is 2. The fraction of sp³-hybridized carbons (Fsp3) is 0.500. The Morgan fingerprint density at radius 1 is 1.24 bits per heavy atom. The summed E-state index contributed by atoms with van der Waals surface area (Å²) in [5.74, 6) is 0.565. The highest BCUT2D eigenvalue weighted by Crippen LogP contribution is 2.23. The van der Waals surface area contributed by atoms with E-state index in [0.717, 1.165) is 11.4 Å². The van der Waals surface area contributed by atoms with E-state index in [1.54, 1.807) is 16.7 Å². The summed E-state index contributed by atoms with van der Waals surface area (Å²) in [5.41, 5.74) is 1.47. The number of nitrogens with one attached hydrogen (secondary N) is 1. The van der Waals surface area contributed by atoms with Crippen LogP contribution >= 0.6 is 0 Å². The number of anilines is 1. The van der Waals surface area contributed by atoms with Gasteiger partial charge in [-0.05, 0) is 18.1 Å². The van der Waals surface area contributed by atoms with Crippen molar-refractivity contribution in [2.75, 3.05) is 38.2 Å². The van der Waals surface area contributed by atoms with E-state index >= 15 is 0 Å². The quantitative estimate of drug-likeness (QED) is 0.827. The van der Waals surface area contributed by atoms with E-state index in [0.29, 0.717) is 32.7 Å². The minimum absolute atomic E-state index is 0.00828. The second-order valence-electron chi connectivity index (χ2n) is 7.77. The van der Waals surface area contributed by atoms with Gasteiger partial charge < -0.3 is 19.9 Å². The molecule has 0 bridgehead atoms. The SMILES string of the molecule is COc1cccc(N2CCN(C(=O)c3nnn4c3C(=O)N[C@@H](C(C)C)C4)CC2)c1. The van der Waals surface area contributed by atoms with Gasteiger partial charge in [0, 0.05) is 37.9 Å². The van der Waals surface area contributed by atoms with Crippen molar-refractivity contribution in [1.82, 2.24) is 25.2 Å². The van der Waals surface area contributed by atoms with Crippen LogP contribution in [0.4, 0.5) is 5.69 Å². The molecule has 0 unspecified atom stereocenters. The average Bonchev–Trinajstić information content (AvgIpc) is 3.18. The van der Waals surface area contributed by atoms with Crippen LogP contribution in [0.1, 0.15) is 34.8 Å². The van der Waals surface area contributed by atoms with Crippen molar-refractivity contribution < 1.29 is 14.3 Å². The second kappa shape index (κ2) is 7.73. The summed E-state index contributed by atoms with van der Waals surface area (Å²) in [4.78, 5) is 29.5. The van der Waals surface area contributed by atoms with Gasteiger partial charge in [0.2, 0.25) is 0 Å². The van der Waals surface area contributed by atoms with Crippen LogP contribution in [-0.2, 0) is 6.54 Å². The van der Waals surface area contributed by atoms with Gasteiger partial charge in [-0.15, -0.1) is 5.10 Å². The standard InChI is InChI=1S/C20H26N6O3/c1-13(2)16-12-26-18(19(27)21-16)17(22-23-26)20(28)25-9-7-24(8-10-25)14-5-4-6-15(11-14)29-3/h4-6,11,13,16H,7-10,12H2,1-3H3,(H,21,27)/t16-/m1/s1. The smallest absolute Gasteiger partial charge is 0.277 e. The summed E-state index contributed by atoms with van der Waals surface area (Å²) >= 11 is 0. The lowest BCUT2D eigenvalue weighted by Crippen LogP contribution is -2.50. The first kappa shape index (κ1) is 19.2. The molecular formula is C20H26N6O3. The Bertz CT molecular complexity index is 917. The zero-order chi connectivity index (χ0) is 20.5. The highest BCUT2D eigenvalue weighted by molar-refractivity contribution is 6.05. The Morgan fingerprint density at radius 3 is 2.69 bits per heavy atom. The van der Waals surface area contributed by atoms with Crippen LogP contribution < -0.4 is 15.0 Å². The van der Waals surface area contributed by atoms with Crippen molar-refractivity contribution >= 4 is 17.5 Å². The number of benzene rings is 1. The lowest BCUT2D eigenvalue weighted by atomic mass is 10.0. The number of fused-ring (bicyclic) bond motifs is 1. The lowest BCUT2D eigenvalue weighted by Gasteiger charge is -2.36. The summed E-state index contributed by atoms with van der Waals surface area (Å²) in [6.07, 6.45) is 0. The molecular weight excluding hydrogens is 372 g/mol. The molecule has 1 N–H and O–H groups in total. The van der Waals surface area contributed by atoms with Crippen LogP contribution in [0.3, 0.4) is 0 Å². The van der Waals surface area contributed by atoms with Gasteiger partial charge in [0.15, 0.2) is 11.4 Å². The van der Waals surface area contributed by atoms with Gasteiger partial charge in [-0.2, -0.15) is 0 Å². The van der Waals surface area contributed by atoms with E-state index in [2.05, 4.69) is 20.5 Å². The van der Waals surface area contributed by atoms with Crippen LogP contribution in [0, 0.1) is 5.92 Å². The Hall–Kier alpha value is -3.10. The molecule has 1 aromatic heterocycles. The first-order valence-corrected chi connectivity index (χ1v) is 9.90. The zero-order valence-electron chi connectivity index (χ0n) is 17.0. The second-order valence-corrected chi connectivity index (χ2v) is 7.77. The fourth-order valence-corrected chi connectivity index (χ4v) is 3.78. The van der Waals surface area contributed by atoms with Crippen LogP contribution in [0.25, 0.3) is 0 Å². The van der Waals surface area contributed by atoms with E-state index in [1.807, 2.05) is 38.1 Å². The Morgan fingerprint density at radius 2 is 2.00 bits per heavy atom. The monoisotopic (exact) mass is 398 g/mol. The van der Waals surface area contributed by atoms with Gasteiger partial charge in [0.05, 0.1) is 19.7 Å². The maximum absolute atomic E-state index is 13.0. The molecule has 29 heavy (non-hydrogen) atoms. The molecule has 2 aromatic rings. The third-order valence-corrected chi connectivity index (χ3v) is 5.63. The molecule has 1 aromatic carbocycles. The normalized spacial score (nSPS) is 19.2. The van der Waals surface area contributed by atoms with E-state index in [4.69, 9.17) is 4.74 Å². The number of methoxy groups -OCH3 is 1. The van der Waals surface area contributed by atoms with Gasteiger partial charge in [0.25, 0.3) is 11.8 Å². The average molecular weight is 398 g/mol. The van der Waals surface area contributed by atoms with Crippen LogP contribution in [-0.4, -0.2) is 71.0 Å². The van der Waals surface area contributed by atoms with Crippen LogP contribution in [0.5, 0.6) is 5.75 Å². The number of nitrogens with zero attached hydrogens (tertiary/aromatic N) is 5. The van der Waals surface area contributed by atoms with Crippen molar-refractivity contribution in [2.45, 2.75) is 26.4 Å². The summed E-state index contributed by atoms with van der Waals surface area (Å²) in [5, 5.41) is 11.1. The maximum Gasteiger partial charge on any atom is 0.277 e. The molecule has 2 aliphatic heterocycles. The fourth-order valence-electron chi connectivity index (χ4n) is 3.78. The number of rotatable bonds is 4. The molecule has 1 fully saturated rings. The number of amides is 2. The Labute approximate surface area is 169 Å². The van der Waals surface area contributed by atoms with E-state index in [9.17, 15) is 9.59 Å². The van der Waals surface area contributed by atoms with Crippen molar-refractivity contribution in [1.29, 1.82) is 0 Å². The number of hydrogen-bond donors (Lipinski definition) is 1. The van der Waals surface area contributed by atoms with Crippen molar-refractivity contribution in [3.05, 3.63) is 35.7 Å².